The third-order valence-electron chi connectivity index (χ3n) is 4.41. The van der Waals surface area contributed by atoms with Gasteiger partial charge in [-0.2, -0.15) is 5.10 Å². The Hall–Kier alpha value is -2.83. The molecule has 27 heavy (non-hydrogen) atoms. The number of amides is 2. The van der Waals surface area contributed by atoms with E-state index in [1.165, 1.54) is 0 Å². The van der Waals surface area contributed by atoms with Gasteiger partial charge in [-0.15, -0.1) is 0 Å². The summed E-state index contributed by atoms with van der Waals surface area (Å²) in [4.78, 5) is 26.4. The van der Waals surface area contributed by atoms with Crippen molar-refractivity contribution in [3.63, 3.8) is 0 Å². The van der Waals surface area contributed by atoms with E-state index in [1.54, 1.807) is 15.6 Å². The highest BCUT2D eigenvalue weighted by Gasteiger charge is 2.24. The molecule has 1 aromatic carbocycles. The molecule has 0 atom stereocenters. The fraction of sp³-hybridized carbons (Fsp3) is 0.450. The van der Waals surface area contributed by atoms with Crippen molar-refractivity contribution in [1.82, 2.24) is 20.0 Å². The molecule has 1 aliphatic rings. The molecule has 1 aliphatic heterocycles. The van der Waals surface area contributed by atoms with Crippen LogP contribution < -0.4 is 10.1 Å². The summed E-state index contributed by atoms with van der Waals surface area (Å²) in [7, 11) is 0. The minimum Gasteiger partial charge on any atom is -0.484 e. The number of aryl methyl sites for hydroxylation is 1. The zero-order valence-electron chi connectivity index (χ0n) is 16.1. The van der Waals surface area contributed by atoms with Gasteiger partial charge in [-0.25, -0.2) is 0 Å². The molecule has 0 fully saturated rings. The summed E-state index contributed by atoms with van der Waals surface area (Å²) < 4.78 is 7.41. The van der Waals surface area contributed by atoms with Crippen molar-refractivity contribution >= 4 is 11.8 Å². The number of nitrogens with zero attached hydrogens (tertiary/aromatic N) is 3. The minimum absolute atomic E-state index is 0.000672. The molecule has 0 saturated carbocycles. The number of aromatic nitrogens is 2. The molecule has 0 aliphatic carbocycles. The third-order valence-corrected chi connectivity index (χ3v) is 4.41. The molecular formula is C20H26N4O3. The van der Waals surface area contributed by atoms with Crippen LogP contribution in [-0.2, 0) is 17.9 Å². The molecule has 0 saturated heterocycles. The summed E-state index contributed by atoms with van der Waals surface area (Å²) >= 11 is 0. The van der Waals surface area contributed by atoms with E-state index < -0.39 is 0 Å². The van der Waals surface area contributed by atoms with Crippen LogP contribution >= 0.6 is 0 Å². The standard InChI is InChI=1S/C20H26N4O3/c1-14(2)11-21-20(26)18-10-16-12-23(7-8-24(16)22-18)19(25)13-27-17-6-4-5-15(3)9-17/h4-6,9-10,14H,7-8,11-13H2,1-3H3,(H,21,26). The van der Waals surface area contributed by atoms with Gasteiger partial charge in [0.15, 0.2) is 12.3 Å². The van der Waals surface area contributed by atoms with Crippen molar-refractivity contribution in [3.05, 3.63) is 47.3 Å². The van der Waals surface area contributed by atoms with Gasteiger partial charge in [-0.1, -0.05) is 26.0 Å². The Morgan fingerprint density at radius 3 is 2.81 bits per heavy atom. The van der Waals surface area contributed by atoms with E-state index in [4.69, 9.17) is 4.74 Å². The maximum absolute atomic E-state index is 12.5. The maximum atomic E-state index is 12.5. The third kappa shape index (κ3) is 4.87. The first kappa shape index (κ1) is 18.9. The average Bonchev–Trinajstić information content (AvgIpc) is 3.07. The van der Waals surface area contributed by atoms with Crippen molar-refractivity contribution in [2.75, 3.05) is 19.7 Å². The van der Waals surface area contributed by atoms with E-state index >= 15 is 0 Å². The van der Waals surface area contributed by atoms with E-state index in [1.807, 2.05) is 45.0 Å². The summed E-state index contributed by atoms with van der Waals surface area (Å²) in [6.45, 7) is 8.24. The predicted octanol–water partition coefficient (Wildman–Crippen LogP) is 2.00. The molecule has 7 heteroatoms. The van der Waals surface area contributed by atoms with Crippen LogP contribution in [0.2, 0.25) is 0 Å². The van der Waals surface area contributed by atoms with Crippen LogP contribution in [-0.4, -0.2) is 46.2 Å². The zero-order valence-corrected chi connectivity index (χ0v) is 16.1. The smallest absolute Gasteiger partial charge is 0.271 e. The lowest BCUT2D eigenvalue weighted by atomic mass is 10.2. The second-order valence-electron chi connectivity index (χ2n) is 7.27. The lowest BCUT2D eigenvalue weighted by Crippen LogP contribution is -2.40. The second-order valence-corrected chi connectivity index (χ2v) is 7.27. The van der Waals surface area contributed by atoms with Crippen LogP contribution in [0.25, 0.3) is 0 Å². The molecule has 2 heterocycles. The first-order valence-electron chi connectivity index (χ1n) is 9.24. The molecule has 3 rings (SSSR count). The molecular weight excluding hydrogens is 344 g/mol. The Bertz CT molecular complexity index is 828. The Labute approximate surface area is 159 Å². The number of carbonyl (C=O) groups is 2. The normalized spacial score (nSPS) is 13.4. The van der Waals surface area contributed by atoms with Crippen molar-refractivity contribution < 1.29 is 14.3 Å². The van der Waals surface area contributed by atoms with Gasteiger partial charge in [0, 0.05) is 13.1 Å². The molecule has 7 nitrogen and oxygen atoms in total. The number of nitrogens with one attached hydrogen (secondary N) is 1. The number of ether oxygens (including phenoxy) is 1. The van der Waals surface area contributed by atoms with E-state index in [0.717, 1.165) is 11.3 Å². The van der Waals surface area contributed by atoms with Gasteiger partial charge in [0.2, 0.25) is 0 Å². The highest BCUT2D eigenvalue weighted by atomic mass is 16.5. The summed E-state index contributed by atoms with van der Waals surface area (Å²) in [6.07, 6.45) is 0. The fourth-order valence-electron chi connectivity index (χ4n) is 2.92. The van der Waals surface area contributed by atoms with Crippen molar-refractivity contribution in [2.24, 2.45) is 5.92 Å². The van der Waals surface area contributed by atoms with Crippen LogP contribution in [0.1, 0.15) is 35.6 Å². The van der Waals surface area contributed by atoms with Crippen LogP contribution in [0.4, 0.5) is 0 Å². The molecule has 0 radical (unpaired) electrons. The number of hydrogen-bond acceptors (Lipinski definition) is 4. The lowest BCUT2D eigenvalue weighted by Gasteiger charge is -2.27. The second kappa shape index (κ2) is 8.24. The molecule has 0 unspecified atom stereocenters. The monoisotopic (exact) mass is 370 g/mol. The quantitative estimate of drug-likeness (QED) is 0.844. The predicted molar refractivity (Wildman–Crippen MR) is 101 cm³/mol. The fourth-order valence-corrected chi connectivity index (χ4v) is 2.92. The van der Waals surface area contributed by atoms with Crippen LogP contribution in [0, 0.1) is 12.8 Å². The van der Waals surface area contributed by atoms with Crippen molar-refractivity contribution in [2.45, 2.75) is 33.9 Å². The number of benzene rings is 1. The molecule has 1 aromatic heterocycles. The van der Waals surface area contributed by atoms with E-state index in [2.05, 4.69) is 10.4 Å². The van der Waals surface area contributed by atoms with Gasteiger partial charge in [0.1, 0.15) is 5.75 Å². The van der Waals surface area contributed by atoms with E-state index in [9.17, 15) is 9.59 Å². The maximum Gasteiger partial charge on any atom is 0.271 e. The molecule has 2 amide bonds. The van der Waals surface area contributed by atoms with Crippen LogP contribution in [0.3, 0.4) is 0 Å². The lowest BCUT2D eigenvalue weighted by molar-refractivity contribution is -0.134. The first-order valence-corrected chi connectivity index (χ1v) is 9.24. The molecule has 1 N–H and O–H groups in total. The Kier molecular flexibility index (Phi) is 5.78. The number of rotatable bonds is 6. The SMILES string of the molecule is Cc1cccc(OCC(=O)N2CCn3nc(C(=O)NCC(C)C)cc3C2)c1. The summed E-state index contributed by atoms with van der Waals surface area (Å²) in [5.41, 5.74) is 2.35. The van der Waals surface area contributed by atoms with Crippen molar-refractivity contribution in [1.29, 1.82) is 0 Å². The van der Waals surface area contributed by atoms with Gasteiger partial charge in [-0.3, -0.25) is 14.3 Å². The van der Waals surface area contributed by atoms with Crippen LogP contribution in [0.5, 0.6) is 5.75 Å². The summed E-state index contributed by atoms with van der Waals surface area (Å²) in [6, 6.07) is 9.39. The van der Waals surface area contributed by atoms with Gasteiger partial charge >= 0.3 is 0 Å². The first-order chi connectivity index (χ1) is 12.9. The molecule has 144 valence electrons. The van der Waals surface area contributed by atoms with E-state index in [-0.39, 0.29) is 18.4 Å². The van der Waals surface area contributed by atoms with Gasteiger partial charge in [0.05, 0.1) is 18.8 Å². The Balaban J connectivity index is 1.57. The summed E-state index contributed by atoms with van der Waals surface area (Å²) in [5.74, 6) is 0.822. The van der Waals surface area contributed by atoms with Gasteiger partial charge in [0.25, 0.3) is 11.8 Å². The average molecular weight is 370 g/mol. The zero-order chi connectivity index (χ0) is 19.4. The van der Waals surface area contributed by atoms with Gasteiger partial charge < -0.3 is 15.0 Å². The molecule has 0 bridgehead atoms. The molecule has 0 spiro atoms. The van der Waals surface area contributed by atoms with Crippen molar-refractivity contribution in [3.8, 4) is 5.75 Å². The Morgan fingerprint density at radius 2 is 2.07 bits per heavy atom. The number of fused-ring (bicyclic) bond motifs is 1. The van der Waals surface area contributed by atoms with Gasteiger partial charge in [-0.05, 0) is 36.6 Å². The number of hydrogen-bond donors (Lipinski definition) is 1. The summed E-state index contributed by atoms with van der Waals surface area (Å²) in [5, 5.41) is 7.23. The minimum atomic E-state index is -0.175. The van der Waals surface area contributed by atoms with E-state index in [0.29, 0.717) is 43.5 Å². The largest absolute Gasteiger partial charge is 0.484 e. The molecule has 2 aromatic rings. The highest BCUT2D eigenvalue weighted by Crippen LogP contribution is 2.16. The topological polar surface area (TPSA) is 76.5 Å². The Morgan fingerprint density at radius 1 is 1.26 bits per heavy atom. The number of carbonyl (C=O) groups excluding carboxylic acids is 2. The highest BCUT2D eigenvalue weighted by molar-refractivity contribution is 5.92. The van der Waals surface area contributed by atoms with Crippen LogP contribution in [0.15, 0.2) is 30.3 Å².